The zero-order valence-corrected chi connectivity index (χ0v) is 12.8. The van der Waals surface area contributed by atoms with Gasteiger partial charge in [-0.05, 0) is 26.0 Å². The van der Waals surface area contributed by atoms with E-state index in [0.29, 0.717) is 6.42 Å². The third-order valence-corrected chi connectivity index (χ3v) is 4.44. The first kappa shape index (κ1) is 13.9. The van der Waals surface area contributed by atoms with Crippen LogP contribution < -0.4 is 5.73 Å². The smallest absolute Gasteiger partial charge is 0.100 e. The summed E-state index contributed by atoms with van der Waals surface area (Å²) in [5.41, 5.74) is 9.02. The van der Waals surface area contributed by atoms with Gasteiger partial charge < -0.3 is 5.73 Å². The maximum absolute atomic E-state index is 6.23. The van der Waals surface area contributed by atoms with Crippen LogP contribution >= 0.6 is 11.3 Å². The molecule has 1 aromatic carbocycles. The number of nitrogens with zero attached hydrogens (tertiary/aromatic N) is 4. The highest BCUT2D eigenvalue weighted by atomic mass is 32.1. The summed E-state index contributed by atoms with van der Waals surface area (Å²) in [5, 5.41) is 9.79. The summed E-state index contributed by atoms with van der Waals surface area (Å²) in [6.45, 7) is 4.10. The van der Waals surface area contributed by atoms with Crippen molar-refractivity contribution in [3.63, 3.8) is 0 Å². The Morgan fingerprint density at radius 1 is 1.24 bits per heavy atom. The highest BCUT2D eigenvalue weighted by molar-refractivity contribution is 7.11. The van der Waals surface area contributed by atoms with E-state index in [2.05, 4.69) is 22.1 Å². The summed E-state index contributed by atoms with van der Waals surface area (Å²) >= 11 is 1.69. The highest BCUT2D eigenvalue weighted by Crippen LogP contribution is 2.21. The molecule has 0 aliphatic carbocycles. The molecule has 0 aliphatic heterocycles. The molecule has 21 heavy (non-hydrogen) atoms. The SMILES string of the molecule is Cc1nc(CC(N)c2cnn(-c3ccccc3)n2)sc1C. The lowest BCUT2D eigenvalue weighted by Crippen LogP contribution is -2.14. The molecule has 5 nitrogen and oxygen atoms in total. The van der Waals surface area contributed by atoms with Gasteiger partial charge in [0.1, 0.15) is 5.69 Å². The molecule has 108 valence electrons. The Labute approximate surface area is 127 Å². The van der Waals surface area contributed by atoms with Gasteiger partial charge in [0, 0.05) is 11.3 Å². The molecule has 0 saturated heterocycles. The Balaban J connectivity index is 1.76. The van der Waals surface area contributed by atoms with Crippen molar-refractivity contribution >= 4 is 11.3 Å². The minimum absolute atomic E-state index is 0.188. The normalized spacial score (nSPS) is 12.5. The van der Waals surface area contributed by atoms with Gasteiger partial charge in [-0.3, -0.25) is 0 Å². The number of aromatic nitrogens is 4. The number of hydrogen-bond acceptors (Lipinski definition) is 5. The average Bonchev–Trinajstić information content (AvgIpc) is 3.08. The quantitative estimate of drug-likeness (QED) is 0.804. The van der Waals surface area contributed by atoms with Gasteiger partial charge in [-0.1, -0.05) is 18.2 Å². The molecule has 0 amide bonds. The van der Waals surface area contributed by atoms with E-state index in [4.69, 9.17) is 5.73 Å². The highest BCUT2D eigenvalue weighted by Gasteiger charge is 2.14. The molecule has 0 aliphatic rings. The van der Waals surface area contributed by atoms with Gasteiger partial charge in [0.15, 0.2) is 0 Å². The van der Waals surface area contributed by atoms with Crippen LogP contribution in [0.25, 0.3) is 5.69 Å². The maximum atomic E-state index is 6.23. The van der Waals surface area contributed by atoms with Crippen molar-refractivity contribution in [2.75, 3.05) is 0 Å². The standard InChI is InChI=1S/C15H17N5S/c1-10-11(2)21-15(18-10)8-13(16)14-9-17-20(19-14)12-6-4-3-5-7-12/h3-7,9,13H,8,16H2,1-2H3. The molecule has 3 rings (SSSR count). The van der Waals surface area contributed by atoms with Gasteiger partial charge in [-0.25, -0.2) is 4.98 Å². The topological polar surface area (TPSA) is 69.6 Å². The minimum atomic E-state index is -0.188. The van der Waals surface area contributed by atoms with E-state index in [1.54, 1.807) is 22.3 Å². The molecule has 6 heteroatoms. The molecule has 0 spiro atoms. The molecule has 0 radical (unpaired) electrons. The van der Waals surface area contributed by atoms with Gasteiger partial charge in [0.2, 0.25) is 0 Å². The summed E-state index contributed by atoms with van der Waals surface area (Å²) in [6.07, 6.45) is 2.41. The number of hydrogen-bond donors (Lipinski definition) is 1. The maximum Gasteiger partial charge on any atom is 0.100 e. The summed E-state index contributed by atoms with van der Waals surface area (Å²) < 4.78 is 0. The Kier molecular flexibility index (Phi) is 3.81. The fraction of sp³-hybridized carbons (Fsp3) is 0.267. The average molecular weight is 299 g/mol. The van der Waals surface area contributed by atoms with E-state index in [1.807, 2.05) is 37.3 Å². The zero-order chi connectivity index (χ0) is 14.8. The predicted molar refractivity (Wildman–Crippen MR) is 83.6 cm³/mol. The van der Waals surface area contributed by atoms with E-state index >= 15 is 0 Å². The lowest BCUT2D eigenvalue weighted by Gasteiger charge is -2.05. The molecular formula is C15H17N5S. The lowest BCUT2D eigenvalue weighted by molar-refractivity contribution is 0.663. The van der Waals surface area contributed by atoms with Crippen LogP contribution in [-0.2, 0) is 6.42 Å². The second-order valence-electron chi connectivity index (χ2n) is 4.95. The number of nitrogens with two attached hydrogens (primary N) is 1. The molecule has 2 heterocycles. The van der Waals surface area contributed by atoms with Gasteiger partial charge in [-0.15, -0.1) is 11.3 Å². The number of para-hydroxylation sites is 1. The fourth-order valence-corrected chi connectivity index (χ4v) is 3.04. The number of benzene rings is 1. The van der Waals surface area contributed by atoms with Crippen molar-refractivity contribution < 1.29 is 0 Å². The molecular weight excluding hydrogens is 282 g/mol. The Morgan fingerprint density at radius 2 is 2.00 bits per heavy atom. The third-order valence-electron chi connectivity index (χ3n) is 3.34. The van der Waals surface area contributed by atoms with Crippen LogP contribution in [0.2, 0.25) is 0 Å². The summed E-state index contributed by atoms with van der Waals surface area (Å²) in [4.78, 5) is 7.37. The first-order valence-corrected chi connectivity index (χ1v) is 7.61. The number of thiazole rings is 1. The molecule has 1 atom stereocenters. The van der Waals surface area contributed by atoms with Gasteiger partial charge in [-0.2, -0.15) is 15.0 Å². The van der Waals surface area contributed by atoms with Crippen LogP contribution in [0.4, 0.5) is 0 Å². The molecule has 2 N–H and O–H groups in total. The molecule has 2 aromatic heterocycles. The minimum Gasteiger partial charge on any atom is -0.322 e. The van der Waals surface area contributed by atoms with E-state index < -0.39 is 0 Å². The second kappa shape index (κ2) is 5.75. The van der Waals surface area contributed by atoms with E-state index in [0.717, 1.165) is 22.1 Å². The van der Waals surface area contributed by atoms with Crippen molar-refractivity contribution in [2.45, 2.75) is 26.3 Å². The van der Waals surface area contributed by atoms with Crippen LogP contribution in [0.3, 0.4) is 0 Å². The van der Waals surface area contributed by atoms with Gasteiger partial charge >= 0.3 is 0 Å². The Hall–Kier alpha value is -2.05. The monoisotopic (exact) mass is 299 g/mol. The van der Waals surface area contributed by atoms with Crippen LogP contribution in [0.1, 0.15) is 27.3 Å². The second-order valence-corrected chi connectivity index (χ2v) is 6.24. The van der Waals surface area contributed by atoms with Crippen LogP contribution in [-0.4, -0.2) is 20.0 Å². The Bertz CT molecular complexity index is 712. The summed E-state index contributed by atoms with van der Waals surface area (Å²) in [5.74, 6) is 0. The molecule has 1 unspecified atom stereocenters. The lowest BCUT2D eigenvalue weighted by atomic mass is 10.2. The van der Waals surface area contributed by atoms with Crippen LogP contribution in [0, 0.1) is 13.8 Å². The molecule has 0 saturated carbocycles. The van der Waals surface area contributed by atoms with E-state index in [1.165, 1.54) is 4.88 Å². The number of rotatable bonds is 4. The van der Waals surface area contributed by atoms with Crippen molar-refractivity contribution in [2.24, 2.45) is 5.73 Å². The van der Waals surface area contributed by atoms with E-state index in [9.17, 15) is 0 Å². The Morgan fingerprint density at radius 3 is 2.67 bits per heavy atom. The van der Waals surface area contributed by atoms with Crippen molar-refractivity contribution in [3.8, 4) is 5.69 Å². The number of aryl methyl sites for hydroxylation is 2. The van der Waals surface area contributed by atoms with Gasteiger partial charge in [0.25, 0.3) is 0 Å². The molecule has 3 aromatic rings. The fourth-order valence-electron chi connectivity index (χ4n) is 2.05. The first-order chi connectivity index (χ1) is 10.1. The predicted octanol–water partition coefficient (Wildman–Crippen LogP) is 2.58. The van der Waals surface area contributed by atoms with E-state index in [-0.39, 0.29) is 6.04 Å². The summed E-state index contributed by atoms with van der Waals surface area (Å²) in [7, 11) is 0. The molecule has 0 bridgehead atoms. The summed E-state index contributed by atoms with van der Waals surface area (Å²) in [6, 6.07) is 9.62. The molecule has 0 fully saturated rings. The van der Waals surface area contributed by atoms with Crippen molar-refractivity contribution in [1.82, 2.24) is 20.0 Å². The van der Waals surface area contributed by atoms with Gasteiger partial charge in [0.05, 0.1) is 28.6 Å². The van der Waals surface area contributed by atoms with Crippen LogP contribution in [0.15, 0.2) is 36.5 Å². The zero-order valence-electron chi connectivity index (χ0n) is 12.0. The van der Waals surface area contributed by atoms with Crippen molar-refractivity contribution in [3.05, 3.63) is 57.8 Å². The largest absolute Gasteiger partial charge is 0.322 e. The van der Waals surface area contributed by atoms with Crippen molar-refractivity contribution in [1.29, 1.82) is 0 Å². The first-order valence-electron chi connectivity index (χ1n) is 6.79. The van der Waals surface area contributed by atoms with Crippen LogP contribution in [0.5, 0.6) is 0 Å². The third kappa shape index (κ3) is 3.01.